The molecule has 0 bridgehead atoms. The summed E-state index contributed by atoms with van der Waals surface area (Å²) in [6.07, 6.45) is 0. The molecule has 0 aliphatic rings. The number of methoxy groups -OCH3 is 1. The van der Waals surface area contributed by atoms with Gasteiger partial charge in [-0.05, 0) is 18.2 Å². The summed E-state index contributed by atoms with van der Waals surface area (Å²) in [6.45, 7) is 0. The first-order chi connectivity index (χ1) is 9.01. The van der Waals surface area contributed by atoms with E-state index in [4.69, 9.17) is 22.1 Å². The number of hydrogen-bond acceptors (Lipinski definition) is 3. The fraction of sp³-hybridized carbons (Fsp3) is 0.0769. The molecule has 0 aliphatic carbocycles. The molecule has 0 saturated heterocycles. The van der Waals surface area contributed by atoms with Gasteiger partial charge in [0.25, 0.3) is 0 Å². The second-order valence-corrected chi connectivity index (χ2v) is 4.23. The average molecular weight is 285 g/mol. The Morgan fingerprint density at radius 2 is 1.89 bits per heavy atom. The zero-order valence-electron chi connectivity index (χ0n) is 10.0. The zero-order chi connectivity index (χ0) is 14.0. The monoisotopic (exact) mass is 284 g/mol. The predicted octanol–water partition coefficient (Wildman–Crippen LogP) is 3.95. The molecule has 0 atom stereocenters. The summed E-state index contributed by atoms with van der Waals surface area (Å²) < 4.78 is 31.4. The minimum atomic E-state index is -0.573. The first-order valence-corrected chi connectivity index (χ1v) is 5.74. The molecule has 6 heteroatoms. The Bertz CT molecular complexity index is 620. The lowest BCUT2D eigenvalue weighted by atomic mass is 10.2. The predicted molar refractivity (Wildman–Crippen MR) is 72.1 cm³/mol. The van der Waals surface area contributed by atoms with Gasteiger partial charge in [-0.1, -0.05) is 11.6 Å². The van der Waals surface area contributed by atoms with Crippen LogP contribution in [-0.2, 0) is 0 Å². The van der Waals surface area contributed by atoms with Crippen molar-refractivity contribution in [3.63, 3.8) is 0 Å². The molecule has 2 aromatic carbocycles. The van der Waals surface area contributed by atoms with Crippen molar-refractivity contribution in [1.29, 1.82) is 0 Å². The maximum absolute atomic E-state index is 13.4. The smallest absolute Gasteiger partial charge is 0.167 e. The number of nitrogen functional groups attached to an aromatic ring is 1. The number of hydrogen-bond donors (Lipinski definition) is 2. The van der Waals surface area contributed by atoms with Crippen LogP contribution in [0.3, 0.4) is 0 Å². The van der Waals surface area contributed by atoms with Crippen LogP contribution in [0.2, 0.25) is 5.02 Å². The van der Waals surface area contributed by atoms with E-state index in [1.54, 1.807) is 0 Å². The van der Waals surface area contributed by atoms with Crippen LogP contribution >= 0.6 is 11.6 Å². The molecule has 2 aromatic rings. The van der Waals surface area contributed by atoms with E-state index in [-0.39, 0.29) is 11.4 Å². The van der Waals surface area contributed by atoms with Crippen molar-refractivity contribution in [3.8, 4) is 5.75 Å². The third kappa shape index (κ3) is 2.88. The Morgan fingerprint density at radius 3 is 2.58 bits per heavy atom. The summed E-state index contributed by atoms with van der Waals surface area (Å²) in [7, 11) is 1.34. The maximum atomic E-state index is 13.4. The summed E-state index contributed by atoms with van der Waals surface area (Å²) in [4.78, 5) is 0. The van der Waals surface area contributed by atoms with Crippen molar-refractivity contribution in [3.05, 3.63) is 47.0 Å². The summed E-state index contributed by atoms with van der Waals surface area (Å²) in [5.74, 6) is -0.986. The van der Waals surface area contributed by atoms with Gasteiger partial charge in [0.2, 0.25) is 0 Å². The highest BCUT2D eigenvalue weighted by Crippen LogP contribution is 2.33. The van der Waals surface area contributed by atoms with E-state index in [2.05, 4.69) is 5.32 Å². The molecule has 0 aliphatic heterocycles. The molecule has 19 heavy (non-hydrogen) atoms. The molecule has 0 unspecified atom stereocenters. The topological polar surface area (TPSA) is 47.3 Å². The molecule has 0 fully saturated rings. The molecule has 3 N–H and O–H groups in total. The lowest BCUT2D eigenvalue weighted by Crippen LogP contribution is -2.00. The molecular formula is C13H11ClF2N2O. The second-order valence-electron chi connectivity index (χ2n) is 3.82. The summed E-state index contributed by atoms with van der Waals surface area (Å²) in [5.41, 5.74) is 6.57. The maximum Gasteiger partial charge on any atom is 0.167 e. The van der Waals surface area contributed by atoms with Crippen LogP contribution in [0.5, 0.6) is 5.75 Å². The van der Waals surface area contributed by atoms with Crippen LogP contribution in [0.4, 0.5) is 25.8 Å². The highest BCUT2D eigenvalue weighted by atomic mass is 35.5. The van der Waals surface area contributed by atoms with E-state index in [0.29, 0.717) is 16.4 Å². The number of nitrogens with two attached hydrogens (primary N) is 1. The van der Waals surface area contributed by atoms with Crippen LogP contribution in [0.1, 0.15) is 0 Å². The van der Waals surface area contributed by atoms with E-state index in [1.807, 2.05) is 0 Å². The van der Waals surface area contributed by atoms with Crippen molar-refractivity contribution in [1.82, 2.24) is 0 Å². The number of anilines is 3. The van der Waals surface area contributed by atoms with Crippen LogP contribution in [0.15, 0.2) is 30.3 Å². The molecule has 2 rings (SSSR count). The van der Waals surface area contributed by atoms with E-state index in [0.717, 1.165) is 6.07 Å². The van der Waals surface area contributed by atoms with Crippen molar-refractivity contribution in [2.45, 2.75) is 0 Å². The van der Waals surface area contributed by atoms with Gasteiger partial charge in [0.05, 0.1) is 29.2 Å². The van der Waals surface area contributed by atoms with E-state index in [9.17, 15) is 8.78 Å². The summed E-state index contributed by atoms with van der Waals surface area (Å²) >= 11 is 5.93. The highest BCUT2D eigenvalue weighted by molar-refractivity contribution is 6.33. The fourth-order valence-electron chi connectivity index (χ4n) is 1.57. The first kappa shape index (κ1) is 13.4. The minimum Gasteiger partial charge on any atom is -0.494 e. The summed E-state index contributed by atoms with van der Waals surface area (Å²) in [5, 5.41) is 3.16. The molecule has 0 heterocycles. The van der Waals surface area contributed by atoms with Gasteiger partial charge >= 0.3 is 0 Å². The normalized spacial score (nSPS) is 10.3. The van der Waals surface area contributed by atoms with Crippen molar-refractivity contribution >= 4 is 28.7 Å². The minimum absolute atomic E-state index is 0.0317. The van der Waals surface area contributed by atoms with Crippen LogP contribution < -0.4 is 15.8 Å². The van der Waals surface area contributed by atoms with Crippen molar-refractivity contribution < 1.29 is 13.5 Å². The second kappa shape index (κ2) is 5.32. The van der Waals surface area contributed by atoms with Gasteiger partial charge in [-0.25, -0.2) is 8.78 Å². The molecule has 0 saturated carbocycles. The lowest BCUT2D eigenvalue weighted by Gasteiger charge is -2.13. The summed E-state index contributed by atoms with van der Waals surface area (Å²) in [6, 6.07) is 6.37. The number of ether oxygens (including phenoxy) is 1. The van der Waals surface area contributed by atoms with Gasteiger partial charge in [0, 0.05) is 12.1 Å². The third-order valence-electron chi connectivity index (χ3n) is 2.52. The van der Waals surface area contributed by atoms with Gasteiger partial charge in [0.15, 0.2) is 11.6 Å². The third-order valence-corrected chi connectivity index (χ3v) is 2.85. The SMILES string of the molecule is COc1cc(Nc2cc(F)ccc2Cl)c(N)cc1F. The van der Waals surface area contributed by atoms with Crippen molar-refractivity contribution in [2.24, 2.45) is 0 Å². The number of rotatable bonds is 3. The largest absolute Gasteiger partial charge is 0.494 e. The van der Waals surface area contributed by atoms with E-state index >= 15 is 0 Å². The Morgan fingerprint density at radius 1 is 1.16 bits per heavy atom. The molecule has 100 valence electrons. The van der Waals surface area contributed by atoms with Gasteiger partial charge in [-0.2, -0.15) is 0 Å². The Kier molecular flexibility index (Phi) is 3.76. The van der Waals surface area contributed by atoms with Crippen LogP contribution in [-0.4, -0.2) is 7.11 Å². The van der Waals surface area contributed by atoms with Gasteiger partial charge in [0.1, 0.15) is 5.82 Å². The van der Waals surface area contributed by atoms with Gasteiger partial charge in [-0.3, -0.25) is 0 Å². The zero-order valence-corrected chi connectivity index (χ0v) is 10.8. The first-order valence-electron chi connectivity index (χ1n) is 5.36. The van der Waals surface area contributed by atoms with Gasteiger partial charge in [-0.15, -0.1) is 0 Å². The van der Waals surface area contributed by atoms with Crippen LogP contribution in [0.25, 0.3) is 0 Å². The highest BCUT2D eigenvalue weighted by Gasteiger charge is 2.10. The number of halogens is 3. The molecule has 0 aromatic heterocycles. The van der Waals surface area contributed by atoms with Crippen molar-refractivity contribution in [2.75, 3.05) is 18.2 Å². The van der Waals surface area contributed by atoms with Gasteiger partial charge < -0.3 is 15.8 Å². The van der Waals surface area contributed by atoms with E-state index < -0.39 is 11.6 Å². The lowest BCUT2D eigenvalue weighted by molar-refractivity contribution is 0.387. The molecular weight excluding hydrogens is 274 g/mol. The Hall–Kier alpha value is -2.01. The standard InChI is InChI=1S/C13H11ClF2N2O/c1-19-13-6-12(10(17)5-9(13)16)18-11-4-7(15)2-3-8(11)14/h2-6,18H,17H2,1H3. The molecule has 3 nitrogen and oxygen atoms in total. The Balaban J connectivity index is 2.40. The van der Waals surface area contributed by atoms with E-state index in [1.165, 1.54) is 31.4 Å². The quantitative estimate of drug-likeness (QED) is 0.839. The van der Waals surface area contributed by atoms with Crippen LogP contribution in [0, 0.1) is 11.6 Å². The number of benzene rings is 2. The fourth-order valence-corrected chi connectivity index (χ4v) is 1.74. The number of nitrogens with one attached hydrogen (secondary N) is 1. The Labute approximate surface area is 113 Å². The average Bonchev–Trinajstić information content (AvgIpc) is 2.37. The molecule has 0 radical (unpaired) electrons. The molecule has 0 spiro atoms. The molecule has 0 amide bonds.